The molecule has 0 spiro atoms. The van der Waals surface area contributed by atoms with Gasteiger partial charge in [-0.15, -0.1) is 0 Å². The average molecular weight is 243 g/mol. The summed E-state index contributed by atoms with van der Waals surface area (Å²) in [6.45, 7) is 1.60. The Balaban J connectivity index is 1.74. The van der Waals surface area contributed by atoms with Crippen LogP contribution in [-0.2, 0) is 13.0 Å². The highest BCUT2D eigenvalue weighted by Gasteiger charge is 1.96. The molecule has 0 radical (unpaired) electrons. The Morgan fingerprint density at radius 1 is 0.833 bits per heavy atom. The lowest BCUT2D eigenvalue weighted by atomic mass is 10.1. The van der Waals surface area contributed by atoms with Gasteiger partial charge in [0.15, 0.2) is 0 Å². The molecule has 0 amide bonds. The average Bonchev–Trinajstić information content (AvgIpc) is 2.37. The molecule has 0 saturated heterocycles. The minimum atomic E-state index is 0.298. The Labute approximate surface area is 107 Å². The maximum absolute atomic E-state index is 9.32. The smallest absolute Gasteiger partial charge is 0.115 e. The first-order valence-electron chi connectivity index (χ1n) is 6.00. The summed E-state index contributed by atoms with van der Waals surface area (Å²) in [7, 11) is 0. The van der Waals surface area contributed by atoms with Crippen molar-refractivity contribution in [2.24, 2.45) is 0 Å². The van der Waals surface area contributed by atoms with E-state index in [-0.39, 0.29) is 0 Å². The molecule has 0 unspecified atom stereocenters. The molecule has 94 valence electrons. The molecule has 0 aromatic heterocycles. The van der Waals surface area contributed by atoms with Gasteiger partial charge < -0.3 is 15.5 Å². The van der Waals surface area contributed by atoms with Crippen molar-refractivity contribution in [3.05, 3.63) is 59.7 Å². The Morgan fingerprint density at radius 3 is 2.33 bits per heavy atom. The van der Waals surface area contributed by atoms with Crippen LogP contribution in [0.3, 0.4) is 0 Å². The van der Waals surface area contributed by atoms with Crippen molar-refractivity contribution in [3.8, 4) is 11.5 Å². The van der Waals surface area contributed by atoms with E-state index in [9.17, 15) is 5.11 Å². The standard InChI is InChI=1S/C15H17NO2/c17-14-6-4-12(5-7-14)8-9-16-11-13-2-1-3-15(18)10-13/h1-7,10,16-18H,8-9,11H2. The molecule has 3 N–H and O–H groups in total. The summed E-state index contributed by atoms with van der Waals surface area (Å²) in [5.41, 5.74) is 2.26. The topological polar surface area (TPSA) is 52.5 Å². The SMILES string of the molecule is Oc1ccc(CCNCc2cccc(O)c2)cc1. The highest BCUT2D eigenvalue weighted by molar-refractivity contribution is 5.27. The van der Waals surface area contributed by atoms with E-state index < -0.39 is 0 Å². The van der Waals surface area contributed by atoms with Crippen LogP contribution in [0.4, 0.5) is 0 Å². The molecule has 2 aromatic rings. The summed E-state index contributed by atoms with van der Waals surface area (Å²) in [6.07, 6.45) is 0.916. The number of hydrogen-bond acceptors (Lipinski definition) is 3. The number of rotatable bonds is 5. The van der Waals surface area contributed by atoms with Gasteiger partial charge in [0.25, 0.3) is 0 Å². The third-order valence-corrected chi connectivity index (χ3v) is 2.77. The molecule has 3 heteroatoms. The quantitative estimate of drug-likeness (QED) is 0.707. The minimum absolute atomic E-state index is 0.298. The second-order valence-corrected chi connectivity index (χ2v) is 4.26. The van der Waals surface area contributed by atoms with Gasteiger partial charge in [0.1, 0.15) is 11.5 Å². The summed E-state index contributed by atoms with van der Waals surface area (Å²) in [4.78, 5) is 0. The van der Waals surface area contributed by atoms with E-state index in [4.69, 9.17) is 5.11 Å². The fraction of sp³-hybridized carbons (Fsp3) is 0.200. The molecule has 0 aliphatic rings. The van der Waals surface area contributed by atoms with Crippen LogP contribution < -0.4 is 5.32 Å². The van der Waals surface area contributed by atoms with Gasteiger partial charge in [0.05, 0.1) is 0 Å². The van der Waals surface area contributed by atoms with E-state index in [0.717, 1.165) is 25.1 Å². The van der Waals surface area contributed by atoms with Gasteiger partial charge in [0, 0.05) is 6.54 Å². The molecule has 0 fully saturated rings. The summed E-state index contributed by atoms with van der Waals surface area (Å²) in [5, 5.41) is 21.8. The van der Waals surface area contributed by atoms with Crippen LogP contribution in [0, 0.1) is 0 Å². The zero-order chi connectivity index (χ0) is 12.8. The lowest BCUT2D eigenvalue weighted by Gasteiger charge is -2.05. The maximum atomic E-state index is 9.32. The van der Waals surface area contributed by atoms with Gasteiger partial charge in [0.2, 0.25) is 0 Å². The van der Waals surface area contributed by atoms with Crippen LogP contribution in [0.5, 0.6) is 11.5 Å². The highest BCUT2D eigenvalue weighted by atomic mass is 16.3. The summed E-state index contributed by atoms with van der Waals surface area (Å²) >= 11 is 0. The van der Waals surface area contributed by atoms with Crippen LogP contribution in [-0.4, -0.2) is 16.8 Å². The van der Waals surface area contributed by atoms with Crippen LogP contribution in [0.1, 0.15) is 11.1 Å². The second kappa shape index (κ2) is 6.07. The van der Waals surface area contributed by atoms with Crippen molar-refractivity contribution in [2.45, 2.75) is 13.0 Å². The molecule has 0 aliphatic carbocycles. The first-order chi connectivity index (χ1) is 8.74. The van der Waals surface area contributed by atoms with Crippen LogP contribution >= 0.6 is 0 Å². The number of aromatic hydroxyl groups is 2. The number of nitrogens with one attached hydrogen (secondary N) is 1. The van der Waals surface area contributed by atoms with Gasteiger partial charge in [-0.2, -0.15) is 0 Å². The normalized spacial score (nSPS) is 10.4. The van der Waals surface area contributed by atoms with Crippen molar-refractivity contribution < 1.29 is 10.2 Å². The predicted octanol–water partition coefficient (Wildman–Crippen LogP) is 2.43. The zero-order valence-electron chi connectivity index (χ0n) is 10.1. The lowest BCUT2D eigenvalue weighted by molar-refractivity contribution is 0.474. The number of benzene rings is 2. The van der Waals surface area contributed by atoms with Gasteiger partial charge >= 0.3 is 0 Å². The van der Waals surface area contributed by atoms with E-state index in [1.807, 2.05) is 24.3 Å². The fourth-order valence-electron chi connectivity index (χ4n) is 1.79. The van der Waals surface area contributed by atoms with Crippen LogP contribution in [0.15, 0.2) is 48.5 Å². The van der Waals surface area contributed by atoms with E-state index in [1.54, 1.807) is 24.3 Å². The highest BCUT2D eigenvalue weighted by Crippen LogP contribution is 2.11. The van der Waals surface area contributed by atoms with E-state index in [1.165, 1.54) is 5.56 Å². The van der Waals surface area contributed by atoms with E-state index in [0.29, 0.717) is 11.5 Å². The van der Waals surface area contributed by atoms with Crippen molar-refractivity contribution in [2.75, 3.05) is 6.54 Å². The van der Waals surface area contributed by atoms with E-state index in [2.05, 4.69) is 5.32 Å². The first kappa shape index (κ1) is 12.5. The van der Waals surface area contributed by atoms with Crippen molar-refractivity contribution >= 4 is 0 Å². The molecule has 0 bridgehead atoms. The van der Waals surface area contributed by atoms with Crippen molar-refractivity contribution in [1.29, 1.82) is 0 Å². The number of hydrogen-bond donors (Lipinski definition) is 3. The van der Waals surface area contributed by atoms with Gasteiger partial charge in [-0.3, -0.25) is 0 Å². The number of phenols is 2. The van der Waals surface area contributed by atoms with Gasteiger partial charge in [-0.25, -0.2) is 0 Å². The molecule has 2 aromatic carbocycles. The molecule has 18 heavy (non-hydrogen) atoms. The summed E-state index contributed by atoms with van der Waals surface area (Å²) in [6, 6.07) is 14.5. The number of phenolic OH excluding ortho intramolecular Hbond substituents is 2. The zero-order valence-corrected chi connectivity index (χ0v) is 10.1. The summed E-state index contributed by atoms with van der Waals surface area (Å²) < 4.78 is 0. The Hall–Kier alpha value is -2.00. The molecule has 0 saturated carbocycles. The predicted molar refractivity (Wildman–Crippen MR) is 71.6 cm³/mol. The van der Waals surface area contributed by atoms with Gasteiger partial charge in [-0.1, -0.05) is 24.3 Å². The molecule has 0 atom stereocenters. The molecule has 0 heterocycles. The third-order valence-electron chi connectivity index (χ3n) is 2.77. The Morgan fingerprint density at radius 2 is 1.61 bits per heavy atom. The van der Waals surface area contributed by atoms with E-state index >= 15 is 0 Å². The first-order valence-corrected chi connectivity index (χ1v) is 6.00. The largest absolute Gasteiger partial charge is 0.508 e. The van der Waals surface area contributed by atoms with Crippen LogP contribution in [0.2, 0.25) is 0 Å². The Bertz CT molecular complexity index is 494. The molecule has 2 rings (SSSR count). The molecule has 3 nitrogen and oxygen atoms in total. The fourth-order valence-corrected chi connectivity index (χ4v) is 1.79. The lowest BCUT2D eigenvalue weighted by Crippen LogP contribution is -2.16. The van der Waals surface area contributed by atoms with Gasteiger partial charge in [-0.05, 0) is 48.4 Å². The molecule has 0 aliphatic heterocycles. The van der Waals surface area contributed by atoms with Crippen LogP contribution in [0.25, 0.3) is 0 Å². The maximum Gasteiger partial charge on any atom is 0.115 e. The molecular weight excluding hydrogens is 226 g/mol. The molecular formula is C15H17NO2. The third kappa shape index (κ3) is 3.79. The van der Waals surface area contributed by atoms with Crippen molar-refractivity contribution in [1.82, 2.24) is 5.32 Å². The van der Waals surface area contributed by atoms with Crippen molar-refractivity contribution in [3.63, 3.8) is 0 Å². The summed E-state index contributed by atoms with van der Waals surface area (Å²) in [5.74, 6) is 0.597. The Kier molecular flexibility index (Phi) is 4.20. The monoisotopic (exact) mass is 243 g/mol. The second-order valence-electron chi connectivity index (χ2n) is 4.26. The minimum Gasteiger partial charge on any atom is -0.508 e.